The molecular weight excluding hydrogens is 392 g/mol. The number of aryl methyl sites for hydroxylation is 1. The van der Waals surface area contributed by atoms with Gasteiger partial charge < -0.3 is 15.2 Å². The number of ether oxygens (including phenoxy) is 2. The topological polar surface area (TPSA) is 91.5 Å². The number of nitrogens with two attached hydrogens (primary N) is 1. The summed E-state index contributed by atoms with van der Waals surface area (Å²) >= 11 is 0. The zero-order valence-electron chi connectivity index (χ0n) is 17.2. The summed E-state index contributed by atoms with van der Waals surface area (Å²) < 4.78 is 10.9. The van der Waals surface area contributed by atoms with Gasteiger partial charge in [-0.15, -0.1) is 0 Å². The first-order valence-corrected chi connectivity index (χ1v) is 10.3. The van der Waals surface area contributed by atoms with Gasteiger partial charge in [-0.1, -0.05) is 24.3 Å². The number of carbonyl (C=O) groups excluding carboxylic acids is 2. The SMILES string of the molecule is Cc1nc(CC(=O)C2(c3ccc4c(c3)OCO4)CC2)ccc1-c1cccc(C(N)=O)c1.[HH]. The van der Waals surface area contributed by atoms with Crippen LogP contribution in [0.2, 0.25) is 0 Å². The summed E-state index contributed by atoms with van der Waals surface area (Å²) in [5.41, 5.74) is 9.71. The van der Waals surface area contributed by atoms with Crippen LogP contribution in [-0.4, -0.2) is 23.5 Å². The number of hydrogen-bond acceptors (Lipinski definition) is 5. The number of pyridine rings is 1. The molecule has 0 bridgehead atoms. The molecule has 1 aliphatic heterocycles. The summed E-state index contributed by atoms with van der Waals surface area (Å²) in [6.45, 7) is 2.13. The molecule has 0 radical (unpaired) electrons. The third-order valence-electron chi connectivity index (χ3n) is 6.15. The second kappa shape index (κ2) is 7.23. The predicted molar refractivity (Wildman–Crippen MR) is 117 cm³/mol. The van der Waals surface area contributed by atoms with Gasteiger partial charge in [0.25, 0.3) is 0 Å². The van der Waals surface area contributed by atoms with E-state index in [1.807, 2.05) is 43.3 Å². The molecule has 1 fully saturated rings. The van der Waals surface area contributed by atoms with E-state index in [1.165, 1.54) is 0 Å². The van der Waals surface area contributed by atoms with Crippen molar-refractivity contribution in [1.29, 1.82) is 0 Å². The average molecular weight is 416 g/mol. The van der Waals surface area contributed by atoms with Crippen molar-refractivity contribution in [3.8, 4) is 22.6 Å². The summed E-state index contributed by atoms with van der Waals surface area (Å²) in [6, 6.07) is 16.8. The second-order valence-corrected chi connectivity index (χ2v) is 8.13. The standard InChI is InChI=1S/C25H22N2O4.H2/c1-15-20(16-3-2-4-17(11-16)24(26)29)7-6-19(27-15)13-23(28)25(9-10-25)18-5-8-21-22(12-18)31-14-30-21;/h2-8,11-12H,9-10,13-14H2,1H3,(H2,26,29);1H. The molecule has 0 spiro atoms. The maximum Gasteiger partial charge on any atom is 0.248 e. The van der Waals surface area contributed by atoms with E-state index in [2.05, 4.69) is 4.98 Å². The van der Waals surface area contributed by atoms with Gasteiger partial charge >= 0.3 is 0 Å². The van der Waals surface area contributed by atoms with Gasteiger partial charge in [0.2, 0.25) is 12.7 Å². The van der Waals surface area contributed by atoms with E-state index in [0.29, 0.717) is 11.3 Å². The van der Waals surface area contributed by atoms with Gasteiger partial charge in [-0.05, 0) is 61.2 Å². The number of nitrogens with zero attached hydrogens (tertiary/aromatic N) is 1. The second-order valence-electron chi connectivity index (χ2n) is 8.13. The normalized spacial score (nSPS) is 15.5. The van der Waals surface area contributed by atoms with Gasteiger partial charge in [-0.2, -0.15) is 0 Å². The Balaban J connectivity index is 0.00000245. The molecule has 31 heavy (non-hydrogen) atoms. The monoisotopic (exact) mass is 416 g/mol. The van der Waals surface area contributed by atoms with Crippen molar-refractivity contribution in [2.45, 2.75) is 31.6 Å². The quantitative estimate of drug-likeness (QED) is 0.656. The molecule has 0 saturated heterocycles. The van der Waals surface area contributed by atoms with Crippen LogP contribution in [0.1, 0.15) is 41.6 Å². The first-order chi connectivity index (χ1) is 15.0. The van der Waals surface area contributed by atoms with Gasteiger partial charge in [-0.25, -0.2) is 0 Å². The Morgan fingerprint density at radius 1 is 1.06 bits per heavy atom. The number of amides is 1. The van der Waals surface area contributed by atoms with Crippen LogP contribution in [0.3, 0.4) is 0 Å². The van der Waals surface area contributed by atoms with Crippen LogP contribution in [0.25, 0.3) is 11.1 Å². The number of rotatable bonds is 6. The number of fused-ring (bicyclic) bond motifs is 1. The summed E-state index contributed by atoms with van der Waals surface area (Å²) in [6.07, 6.45) is 1.95. The average Bonchev–Trinajstić information content (AvgIpc) is 3.45. The zero-order valence-corrected chi connectivity index (χ0v) is 17.2. The highest BCUT2D eigenvalue weighted by Crippen LogP contribution is 2.51. The van der Waals surface area contributed by atoms with Crippen molar-refractivity contribution >= 4 is 11.7 Å². The van der Waals surface area contributed by atoms with Crippen molar-refractivity contribution in [3.05, 3.63) is 77.1 Å². The molecule has 2 heterocycles. The number of benzene rings is 2. The number of primary amides is 1. The van der Waals surface area contributed by atoms with E-state index < -0.39 is 11.3 Å². The van der Waals surface area contributed by atoms with Crippen molar-refractivity contribution in [1.82, 2.24) is 4.98 Å². The molecule has 5 rings (SSSR count). The van der Waals surface area contributed by atoms with E-state index in [4.69, 9.17) is 15.2 Å². The Bertz CT molecular complexity index is 1220. The van der Waals surface area contributed by atoms with Crippen LogP contribution in [0, 0.1) is 6.92 Å². The molecule has 1 amide bonds. The molecule has 6 nitrogen and oxygen atoms in total. The molecule has 1 saturated carbocycles. The van der Waals surface area contributed by atoms with Gasteiger partial charge in [0.15, 0.2) is 11.5 Å². The minimum atomic E-state index is -0.465. The number of ketones is 1. The van der Waals surface area contributed by atoms with Crippen LogP contribution >= 0.6 is 0 Å². The fourth-order valence-electron chi connectivity index (χ4n) is 4.24. The highest BCUT2D eigenvalue weighted by atomic mass is 16.7. The maximum atomic E-state index is 13.2. The maximum absolute atomic E-state index is 13.2. The molecule has 6 heteroatoms. The Morgan fingerprint density at radius 2 is 1.87 bits per heavy atom. The fourth-order valence-corrected chi connectivity index (χ4v) is 4.24. The van der Waals surface area contributed by atoms with Crippen molar-refractivity contribution in [2.24, 2.45) is 5.73 Å². The van der Waals surface area contributed by atoms with Crippen LogP contribution in [0.4, 0.5) is 0 Å². The van der Waals surface area contributed by atoms with Gasteiger partial charge in [0.1, 0.15) is 5.78 Å². The number of Topliss-reactive ketones (excluding diaryl/α,β-unsaturated/α-hetero) is 1. The van der Waals surface area contributed by atoms with E-state index >= 15 is 0 Å². The van der Waals surface area contributed by atoms with Crippen LogP contribution in [0.5, 0.6) is 11.5 Å². The lowest BCUT2D eigenvalue weighted by atomic mass is 9.88. The Hall–Kier alpha value is -3.67. The summed E-state index contributed by atoms with van der Waals surface area (Å²) in [5.74, 6) is 1.13. The molecule has 0 unspecified atom stereocenters. The van der Waals surface area contributed by atoms with Crippen molar-refractivity contribution in [2.75, 3.05) is 6.79 Å². The molecule has 2 aliphatic rings. The molecular formula is C25H24N2O4. The lowest BCUT2D eigenvalue weighted by Crippen LogP contribution is -2.23. The van der Waals surface area contributed by atoms with Gasteiger partial charge in [0.05, 0.1) is 5.41 Å². The third-order valence-corrected chi connectivity index (χ3v) is 6.15. The first-order valence-electron chi connectivity index (χ1n) is 10.3. The third kappa shape index (κ3) is 3.44. The number of aromatic nitrogens is 1. The van der Waals surface area contributed by atoms with E-state index in [0.717, 1.165) is 46.7 Å². The van der Waals surface area contributed by atoms with Crippen LogP contribution < -0.4 is 15.2 Å². The van der Waals surface area contributed by atoms with E-state index in [-0.39, 0.29) is 20.4 Å². The summed E-state index contributed by atoms with van der Waals surface area (Å²) in [7, 11) is 0. The van der Waals surface area contributed by atoms with Crippen LogP contribution in [0.15, 0.2) is 54.6 Å². The zero-order chi connectivity index (χ0) is 21.6. The molecule has 158 valence electrons. The van der Waals surface area contributed by atoms with Crippen molar-refractivity contribution < 1.29 is 20.5 Å². The highest BCUT2D eigenvalue weighted by molar-refractivity contribution is 5.95. The molecule has 2 N–H and O–H groups in total. The molecule has 3 aromatic rings. The highest BCUT2D eigenvalue weighted by Gasteiger charge is 2.51. The van der Waals surface area contributed by atoms with Crippen molar-refractivity contribution in [3.63, 3.8) is 0 Å². The molecule has 1 aromatic heterocycles. The Kier molecular flexibility index (Phi) is 4.50. The van der Waals surface area contributed by atoms with E-state index in [9.17, 15) is 9.59 Å². The smallest absolute Gasteiger partial charge is 0.248 e. The van der Waals surface area contributed by atoms with Gasteiger partial charge in [-0.3, -0.25) is 14.6 Å². The Morgan fingerprint density at radius 3 is 2.61 bits per heavy atom. The largest absolute Gasteiger partial charge is 0.454 e. The minimum Gasteiger partial charge on any atom is -0.454 e. The molecule has 1 aliphatic carbocycles. The number of hydrogen-bond donors (Lipinski definition) is 1. The Labute approximate surface area is 181 Å². The number of carbonyl (C=O) groups is 2. The van der Waals surface area contributed by atoms with Crippen LogP contribution in [-0.2, 0) is 16.6 Å². The van der Waals surface area contributed by atoms with E-state index in [1.54, 1.807) is 18.2 Å². The molecule has 0 atom stereocenters. The van der Waals surface area contributed by atoms with Gasteiger partial charge in [0, 0.05) is 30.4 Å². The fraction of sp³-hybridized carbons (Fsp3) is 0.240. The first kappa shape index (κ1) is 19.3. The summed E-state index contributed by atoms with van der Waals surface area (Å²) in [5, 5.41) is 0. The predicted octanol–water partition coefficient (Wildman–Crippen LogP) is 3.97. The molecule has 2 aromatic carbocycles. The minimum absolute atomic E-state index is 0. The summed E-state index contributed by atoms with van der Waals surface area (Å²) in [4.78, 5) is 29.4. The lowest BCUT2D eigenvalue weighted by molar-refractivity contribution is -0.120. The lowest BCUT2D eigenvalue weighted by Gasteiger charge is -2.15.